The summed E-state index contributed by atoms with van der Waals surface area (Å²) in [6, 6.07) is 14.4. The average molecular weight is 441 g/mol. The highest BCUT2D eigenvalue weighted by Crippen LogP contribution is 2.27. The number of fused-ring (bicyclic) bond motifs is 1. The Balaban J connectivity index is 1.48. The van der Waals surface area contributed by atoms with Gasteiger partial charge in [0.2, 0.25) is 5.95 Å². The molecule has 160 valence electrons. The number of nitrogens with one attached hydrogen (secondary N) is 3. The van der Waals surface area contributed by atoms with Gasteiger partial charge in [-0.3, -0.25) is 9.89 Å². The van der Waals surface area contributed by atoms with Crippen molar-refractivity contribution in [2.24, 2.45) is 0 Å². The normalized spacial score (nSPS) is 10.8. The Morgan fingerprint density at radius 3 is 2.55 bits per heavy atom. The molecule has 10 heteroatoms. The topological polar surface area (TPSA) is 106 Å². The fourth-order valence-corrected chi connectivity index (χ4v) is 3.20. The number of aromatic nitrogens is 4. The molecule has 4 aromatic rings. The van der Waals surface area contributed by atoms with E-state index >= 15 is 0 Å². The van der Waals surface area contributed by atoms with Crippen LogP contribution in [0.15, 0.2) is 53.3 Å². The minimum absolute atomic E-state index is 0.259. The number of aromatic amines is 1. The Hall–Kier alpha value is -3.72. The number of nitrogens with zero attached hydrogens (tertiary/aromatic N) is 3. The van der Waals surface area contributed by atoms with Crippen molar-refractivity contribution in [3.05, 3.63) is 75.2 Å². The predicted octanol–water partition coefficient (Wildman–Crippen LogP) is 3.31. The van der Waals surface area contributed by atoms with Crippen molar-refractivity contribution < 1.29 is 9.47 Å². The van der Waals surface area contributed by atoms with Crippen LogP contribution in [-0.2, 0) is 13.1 Å². The third-order valence-corrected chi connectivity index (χ3v) is 4.86. The van der Waals surface area contributed by atoms with E-state index in [4.69, 9.17) is 21.1 Å². The predicted molar refractivity (Wildman–Crippen MR) is 119 cm³/mol. The van der Waals surface area contributed by atoms with Crippen LogP contribution in [0.1, 0.15) is 11.3 Å². The van der Waals surface area contributed by atoms with Crippen LogP contribution in [0.2, 0.25) is 5.02 Å². The van der Waals surface area contributed by atoms with E-state index in [1.807, 2.05) is 24.3 Å². The van der Waals surface area contributed by atoms with Crippen LogP contribution in [0.5, 0.6) is 11.5 Å². The summed E-state index contributed by atoms with van der Waals surface area (Å²) in [6.07, 6.45) is 0. The summed E-state index contributed by atoms with van der Waals surface area (Å²) >= 11 is 6.06. The number of H-pyrrole nitrogens is 1. The number of methoxy groups -OCH3 is 2. The highest BCUT2D eigenvalue weighted by molar-refractivity contribution is 6.30. The van der Waals surface area contributed by atoms with Crippen molar-refractivity contribution in [2.75, 3.05) is 24.9 Å². The summed E-state index contributed by atoms with van der Waals surface area (Å²) in [6.45, 7) is 0.839. The maximum atomic E-state index is 12.5. The summed E-state index contributed by atoms with van der Waals surface area (Å²) < 4.78 is 11.8. The van der Waals surface area contributed by atoms with Gasteiger partial charge in [-0.1, -0.05) is 23.7 Å². The maximum Gasteiger partial charge on any atom is 0.274 e. The highest BCUT2D eigenvalue weighted by Gasteiger charge is 2.10. The summed E-state index contributed by atoms with van der Waals surface area (Å²) in [7, 11) is 3.21. The van der Waals surface area contributed by atoms with Crippen molar-refractivity contribution in [2.45, 2.75) is 13.1 Å². The van der Waals surface area contributed by atoms with Crippen molar-refractivity contribution in [1.29, 1.82) is 0 Å². The first-order valence-electron chi connectivity index (χ1n) is 9.48. The molecule has 0 bridgehead atoms. The van der Waals surface area contributed by atoms with Crippen LogP contribution in [-0.4, -0.2) is 33.8 Å². The number of hydrogen-bond donors (Lipinski definition) is 3. The first-order chi connectivity index (χ1) is 15.1. The van der Waals surface area contributed by atoms with Gasteiger partial charge in [0.25, 0.3) is 11.3 Å². The van der Waals surface area contributed by atoms with Gasteiger partial charge in [0.05, 0.1) is 32.1 Å². The molecule has 0 radical (unpaired) electrons. The average Bonchev–Trinajstić information content (AvgIpc) is 3.20. The van der Waals surface area contributed by atoms with E-state index in [0.717, 1.165) is 11.3 Å². The number of hydrogen-bond acceptors (Lipinski definition) is 7. The molecule has 2 aromatic heterocycles. The monoisotopic (exact) mass is 440 g/mol. The van der Waals surface area contributed by atoms with E-state index in [0.29, 0.717) is 41.2 Å². The van der Waals surface area contributed by atoms with Gasteiger partial charge in [-0.05, 0) is 35.9 Å². The van der Waals surface area contributed by atoms with Crippen molar-refractivity contribution in [1.82, 2.24) is 19.6 Å². The summed E-state index contributed by atoms with van der Waals surface area (Å²) in [4.78, 5) is 21.3. The van der Waals surface area contributed by atoms with E-state index in [1.54, 1.807) is 32.4 Å². The molecule has 0 aliphatic carbocycles. The van der Waals surface area contributed by atoms with Gasteiger partial charge in [0.1, 0.15) is 11.5 Å². The second-order valence-corrected chi connectivity index (χ2v) is 7.13. The van der Waals surface area contributed by atoms with Gasteiger partial charge >= 0.3 is 0 Å². The Kier molecular flexibility index (Phi) is 5.94. The molecule has 0 saturated heterocycles. The maximum absolute atomic E-state index is 12.5. The lowest BCUT2D eigenvalue weighted by atomic mass is 10.2. The molecule has 0 fully saturated rings. The molecule has 2 heterocycles. The molecule has 0 spiro atoms. The fourth-order valence-electron chi connectivity index (χ4n) is 3.03. The molecule has 0 unspecified atom stereocenters. The third-order valence-electron chi connectivity index (χ3n) is 4.62. The summed E-state index contributed by atoms with van der Waals surface area (Å²) in [5, 5.41) is 9.85. The first-order valence-corrected chi connectivity index (χ1v) is 9.86. The molecular weight excluding hydrogens is 420 g/mol. The lowest BCUT2D eigenvalue weighted by Crippen LogP contribution is -2.17. The van der Waals surface area contributed by atoms with Gasteiger partial charge in [-0.2, -0.15) is 9.50 Å². The quantitative estimate of drug-likeness (QED) is 0.386. The van der Waals surface area contributed by atoms with Crippen LogP contribution in [0, 0.1) is 0 Å². The Morgan fingerprint density at radius 2 is 1.81 bits per heavy atom. The van der Waals surface area contributed by atoms with Crippen LogP contribution < -0.4 is 25.7 Å². The SMILES string of the molecule is COc1ccc(CNc2nc3nc(CNc4cc(Cl)ccc4OC)cc(=O)n3[nH]2)cc1. The highest BCUT2D eigenvalue weighted by atomic mass is 35.5. The van der Waals surface area contributed by atoms with Gasteiger partial charge in [-0.25, -0.2) is 4.98 Å². The molecule has 0 aliphatic heterocycles. The van der Waals surface area contributed by atoms with Crippen LogP contribution >= 0.6 is 11.6 Å². The van der Waals surface area contributed by atoms with Crippen molar-refractivity contribution in [3.63, 3.8) is 0 Å². The largest absolute Gasteiger partial charge is 0.497 e. The summed E-state index contributed by atoms with van der Waals surface area (Å²) in [5.74, 6) is 2.16. The molecule has 2 aromatic carbocycles. The van der Waals surface area contributed by atoms with Gasteiger partial charge < -0.3 is 20.1 Å². The fraction of sp³-hybridized carbons (Fsp3) is 0.190. The van der Waals surface area contributed by atoms with Gasteiger partial charge in [0.15, 0.2) is 0 Å². The van der Waals surface area contributed by atoms with E-state index in [1.165, 1.54) is 10.6 Å². The first kappa shape index (κ1) is 20.5. The van der Waals surface area contributed by atoms with Gasteiger partial charge in [-0.15, -0.1) is 0 Å². The minimum atomic E-state index is -0.259. The molecule has 0 saturated carbocycles. The molecule has 9 nitrogen and oxygen atoms in total. The van der Waals surface area contributed by atoms with E-state index in [9.17, 15) is 4.79 Å². The zero-order chi connectivity index (χ0) is 21.8. The number of anilines is 2. The molecule has 4 rings (SSSR count). The molecule has 0 atom stereocenters. The zero-order valence-electron chi connectivity index (χ0n) is 17.0. The molecule has 0 amide bonds. The van der Waals surface area contributed by atoms with Crippen molar-refractivity contribution >= 4 is 29.0 Å². The minimum Gasteiger partial charge on any atom is -0.497 e. The van der Waals surface area contributed by atoms with Gasteiger partial charge in [0, 0.05) is 17.6 Å². The molecular formula is C21H21ClN6O3. The van der Waals surface area contributed by atoms with Crippen LogP contribution in [0.3, 0.4) is 0 Å². The van der Waals surface area contributed by atoms with E-state index in [2.05, 4.69) is 25.7 Å². The second-order valence-electron chi connectivity index (χ2n) is 6.69. The Morgan fingerprint density at radius 1 is 1.00 bits per heavy atom. The third kappa shape index (κ3) is 4.72. The van der Waals surface area contributed by atoms with Crippen LogP contribution in [0.4, 0.5) is 11.6 Å². The lowest BCUT2D eigenvalue weighted by Gasteiger charge is -2.11. The zero-order valence-corrected chi connectivity index (χ0v) is 17.7. The van der Waals surface area contributed by atoms with E-state index < -0.39 is 0 Å². The number of rotatable bonds is 8. The molecule has 0 aliphatic rings. The van der Waals surface area contributed by atoms with E-state index in [-0.39, 0.29) is 11.3 Å². The second kappa shape index (κ2) is 8.97. The van der Waals surface area contributed by atoms with Crippen LogP contribution in [0.25, 0.3) is 5.78 Å². The van der Waals surface area contributed by atoms with Crippen molar-refractivity contribution in [3.8, 4) is 11.5 Å². The Labute approximate surface area is 183 Å². The lowest BCUT2D eigenvalue weighted by molar-refractivity contribution is 0.414. The number of halogens is 1. The number of ether oxygens (including phenoxy) is 2. The Bertz CT molecular complexity index is 1250. The summed E-state index contributed by atoms with van der Waals surface area (Å²) in [5.41, 5.74) is 2.04. The molecule has 31 heavy (non-hydrogen) atoms. The standard InChI is InChI=1S/C21H21ClN6O3/c1-30-16-6-3-13(4-7-16)11-24-20-26-21-25-15(10-19(29)28(21)27-20)12-23-17-9-14(22)5-8-18(17)31-2/h3-10,23H,11-12H2,1-2H3,(H2,24,25,26,27). The molecule has 3 N–H and O–H groups in total. The number of benzene rings is 2. The smallest absolute Gasteiger partial charge is 0.274 e.